The number of carbonyl (C=O) groups excluding carboxylic acids is 1. The Hall–Kier alpha value is -1.61. The van der Waals surface area contributed by atoms with Crippen LogP contribution in [0.25, 0.3) is 10.9 Å². The van der Waals surface area contributed by atoms with Crippen molar-refractivity contribution in [2.45, 2.75) is 13.8 Å². The van der Waals surface area contributed by atoms with E-state index in [4.69, 9.17) is 5.73 Å². The van der Waals surface area contributed by atoms with Crippen molar-refractivity contribution in [1.29, 1.82) is 0 Å². The van der Waals surface area contributed by atoms with Gasteiger partial charge in [0.25, 0.3) is 0 Å². The molecule has 78 valence electrons. The first-order chi connectivity index (χ1) is 7.15. The molecule has 0 fully saturated rings. The van der Waals surface area contributed by atoms with Gasteiger partial charge in [0.1, 0.15) is 0 Å². The summed E-state index contributed by atoms with van der Waals surface area (Å²) in [4.78, 5) is 14.9. The van der Waals surface area contributed by atoms with Crippen LogP contribution in [0, 0.1) is 13.8 Å². The van der Waals surface area contributed by atoms with Crippen LogP contribution >= 0.6 is 0 Å². The lowest BCUT2D eigenvalue weighted by Gasteiger charge is -1.98. The lowest BCUT2D eigenvalue weighted by molar-refractivity contribution is 0.100. The van der Waals surface area contributed by atoms with E-state index in [-0.39, 0.29) is 12.3 Å². The van der Waals surface area contributed by atoms with Crippen molar-refractivity contribution in [3.63, 3.8) is 0 Å². The standard InChI is InChI=1S/C12H14N2O/c1-7-4-3-5-9-11(10(15)6-13)8(2)14-12(7)9/h3-5,14H,6,13H2,1-2H3. The number of aryl methyl sites for hydroxylation is 2. The number of nitrogens with one attached hydrogen (secondary N) is 1. The second-order valence-electron chi connectivity index (χ2n) is 3.75. The minimum Gasteiger partial charge on any atom is -0.358 e. The van der Waals surface area contributed by atoms with Crippen molar-refractivity contribution >= 4 is 16.7 Å². The van der Waals surface area contributed by atoms with Gasteiger partial charge >= 0.3 is 0 Å². The number of ketones is 1. The van der Waals surface area contributed by atoms with Crippen LogP contribution in [0.5, 0.6) is 0 Å². The number of nitrogens with two attached hydrogens (primary N) is 1. The van der Waals surface area contributed by atoms with Crippen LogP contribution < -0.4 is 5.73 Å². The summed E-state index contributed by atoms with van der Waals surface area (Å²) in [7, 11) is 0. The molecule has 0 unspecified atom stereocenters. The van der Waals surface area contributed by atoms with Crippen molar-refractivity contribution in [3.05, 3.63) is 35.0 Å². The fraction of sp³-hybridized carbons (Fsp3) is 0.250. The number of Topliss-reactive ketones (excluding diaryl/α,β-unsaturated/α-hetero) is 1. The maximum atomic E-state index is 11.7. The molecule has 0 saturated heterocycles. The highest BCUT2D eigenvalue weighted by Gasteiger charge is 2.14. The Bertz CT molecular complexity index is 526. The summed E-state index contributed by atoms with van der Waals surface area (Å²) in [6.45, 7) is 3.99. The molecule has 2 rings (SSSR count). The van der Waals surface area contributed by atoms with Crippen molar-refractivity contribution in [3.8, 4) is 0 Å². The second kappa shape index (κ2) is 3.51. The van der Waals surface area contributed by atoms with Crippen LogP contribution in [-0.4, -0.2) is 17.3 Å². The van der Waals surface area contributed by atoms with Crippen LogP contribution in [0.1, 0.15) is 21.6 Å². The Morgan fingerprint density at radius 3 is 2.80 bits per heavy atom. The van der Waals surface area contributed by atoms with Gasteiger partial charge < -0.3 is 10.7 Å². The Morgan fingerprint density at radius 2 is 2.13 bits per heavy atom. The number of fused-ring (bicyclic) bond motifs is 1. The van der Waals surface area contributed by atoms with Crippen molar-refractivity contribution in [2.75, 3.05) is 6.54 Å². The number of rotatable bonds is 2. The molecule has 0 aliphatic heterocycles. The summed E-state index contributed by atoms with van der Waals surface area (Å²) >= 11 is 0. The second-order valence-corrected chi connectivity index (χ2v) is 3.75. The molecule has 0 amide bonds. The van der Waals surface area contributed by atoms with Gasteiger partial charge in [-0.05, 0) is 19.4 Å². The van der Waals surface area contributed by atoms with E-state index in [1.54, 1.807) is 0 Å². The maximum Gasteiger partial charge on any atom is 0.178 e. The highest BCUT2D eigenvalue weighted by atomic mass is 16.1. The first kappa shape index (κ1) is 9.93. The zero-order valence-corrected chi connectivity index (χ0v) is 8.92. The van der Waals surface area contributed by atoms with E-state index in [0.717, 1.165) is 27.7 Å². The largest absolute Gasteiger partial charge is 0.358 e. The highest BCUT2D eigenvalue weighted by molar-refractivity contribution is 6.10. The summed E-state index contributed by atoms with van der Waals surface area (Å²) < 4.78 is 0. The molecule has 0 spiro atoms. The van der Waals surface area contributed by atoms with Gasteiger partial charge in [0.2, 0.25) is 0 Å². The van der Waals surface area contributed by atoms with Gasteiger partial charge in [-0.1, -0.05) is 18.2 Å². The minimum absolute atomic E-state index is 0.00986. The summed E-state index contributed by atoms with van der Waals surface area (Å²) in [5.74, 6) is -0.00986. The van der Waals surface area contributed by atoms with Gasteiger partial charge in [-0.3, -0.25) is 4.79 Å². The zero-order chi connectivity index (χ0) is 11.0. The predicted octanol–water partition coefficient (Wildman–Crippen LogP) is 1.93. The Balaban J connectivity index is 2.79. The van der Waals surface area contributed by atoms with Crippen molar-refractivity contribution in [1.82, 2.24) is 4.98 Å². The van der Waals surface area contributed by atoms with Crippen molar-refractivity contribution in [2.24, 2.45) is 5.73 Å². The van der Waals surface area contributed by atoms with Crippen LogP contribution in [0.3, 0.4) is 0 Å². The van der Waals surface area contributed by atoms with E-state index in [0.29, 0.717) is 0 Å². The van der Waals surface area contributed by atoms with Crippen LogP contribution in [0.4, 0.5) is 0 Å². The third-order valence-electron chi connectivity index (χ3n) is 2.69. The van der Waals surface area contributed by atoms with Gasteiger partial charge in [0, 0.05) is 22.2 Å². The fourth-order valence-corrected chi connectivity index (χ4v) is 1.96. The molecule has 1 heterocycles. The van der Waals surface area contributed by atoms with Gasteiger partial charge in [-0.2, -0.15) is 0 Å². The molecule has 0 aliphatic rings. The van der Waals surface area contributed by atoms with E-state index in [1.807, 2.05) is 32.0 Å². The average molecular weight is 202 g/mol. The van der Waals surface area contributed by atoms with Gasteiger partial charge in [0.05, 0.1) is 6.54 Å². The van der Waals surface area contributed by atoms with E-state index in [9.17, 15) is 4.79 Å². The van der Waals surface area contributed by atoms with Gasteiger partial charge in [0.15, 0.2) is 5.78 Å². The topological polar surface area (TPSA) is 58.9 Å². The third kappa shape index (κ3) is 1.45. The van der Waals surface area contributed by atoms with E-state index < -0.39 is 0 Å². The minimum atomic E-state index is -0.00986. The maximum absolute atomic E-state index is 11.7. The summed E-state index contributed by atoms with van der Waals surface area (Å²) in [6.07, 6.45) is 0. The Labute approximate surface area is 88.3 Å². The third-order valence-corrected chi connectivity index (χ3v) is 2.69. The lowest BCUT2D eigenvalue weighted by Crippen LogP contribution is -2.14. The zero-order valence-electron chi connectivity index (χ0n) is 8.92. The lowest BCUT2D eigenvalue weighted by atomic mass is 10.1. The van der Waals surface area contributed by atoms with E-state index in [2.05, 4.69) is 4.98 Å². The molecule has 0 radical (unpaired) electrons. The summed E-state index contributed by atoms with van der Waals surface area (Å²) in [5, 5.41) is 0.975. The van der Waals surface area contributed by atoms with Crippen molar-refractivity contribution < 1.29 is 4.79 Å². The molecule has 0 saturated carbocycles. The molecule has 0 aliphatic carbocycles. The summed E-state index contributed by atoms with van der Waals surface area (Å²) in [6, 6.07) is 5.93. The SMILES string of the molecule is Cc1[nH]c2c(C)cccc2c1C(=O)CN. The quantitative estimate of drug-likeness (QED) is 0.731. The van der Waals surface area contributed by atoms with E-state index in [1.165, 1.54) is 0 Å². The summed E-state index contributed by atoms with van der Waals surface area (Å²) in [5.41, 5.74) is 9.21. The van der Waals surface area contributed by atoms with Gasteiger partial charge in [-0.25, -0.2) is 0 Å². The number of hydrogen-bond acceptors (Lipinski definition) is 2. The molecular weight excluding hydrogens is 188 g/mol. The molecule has 15 heavy (non-hydrogen) atoms. The Kier molecular flexibility index (Phi) is 2.32. The highest BCUT2D eigenvalue weighted by Crippen LogP contribution is 2.24. The molecule has 3 nitrogen and oxygen atoms in total. The number of para-hydroxylation sites is 1. The number of aromatic amines is 1. The number of benzene rings is 1. The smallest absolute Gasteiger partial charge is 0.178 e. The molecule has 0 bridgehead atoms. The number of H-pyrrole nitrogens is 1. The normalized spacial score (nSPS) is 10.9. The number of hydrogen-bond donors (Lipinski definition) is 2. The fourth-order valence-electron chi connectivity index (χ4n) is 1.96. The van der Waals surface area contributed by atoms with Crippen LogP contribution in [0.2, 0.25) is 0 Å². The monoisotopic (exact) mass is 202 g/mol. The molecule has 3 N–H and O–H groups in total. The first-order valence-corrected chi connectivity index (χ1v) is 4.96. The Morgan fingerprint density at radius 1 is 1.40 bits per heavy atom. The molecular formula is C12H14N2O. The number of carbonyl (C=O) groups is 1. The van der Waals surface area contributed by atoms with Gasteiger partial charge in [-0.15, -0.1) is 0 Å². The molecule has 1 aromatic heterocycles. The first-order valence-electron chi connectivity index (χ1n) is 4.96. The number of aromatic nitrogens is 1. The molecule has 1 aromatic carbocycles. The predicted molar refractivity (Wildman–Crippen MR) is 61.2 cm³/mol. The van der Waals surface area contributed by atoms with Crippen LogP contribution in [-0.2, 0) is 0 Å². The van der Waals surface area contributed by atoms with E-state index >= 15 is 0 Å². The van der Waals surface area contributed by atoms with Crippen LogP contribution in [0.15, 0.2) is 18.2 Å². The average Bonchev–Trinajstić information content (AvgIpc) is 2.55. The molecule has 3 heteroatoms. The molecule has 2 aromatic rings. The molecule has 0 atom stereocenters.